The molecule has 0 fully saturated rings. The Labute approximate surface area is 153 Å². The number of carbonyl (C=O) groups excluding carboxylic acids is 1. The number of amides is 1. The number of hydrogen-bond acceptors (Lipinski definition) is 4. The van der Waals surface area contributed by atoms with Crippen molar-refractivity contribution in [1.82, 2.24) is 10.2 Å². The van der Waals surface area contributed by atoms with Crippen LogP contribution in [0, 0.1) is 0 Å². The van der Waals surface area contributed by atoms with Gasteiger partial charge >= 0.3 is 0 Å². The number of hydrogen-bond donors (Lipinski definition) is 1. The first kappa shape index (κ1) is 17.8. The van der Waals surface area contributed by atoms with E-state index in [9.17, 15) is 4.79 Å². The number of furan rings is 1. The normalized spacial score (nSPS) is 12.0. The van der Waals surface area contributed by atoms with Gasteiger partial charge in [0.05, 0.1) is 17.9 Å². The largest absolute Gasteiger partial charge is 0.468 e. The van der Waals surface area contributed by atoms with Crippen LogP contribution in [0.15, 0.2) is 77.4 Å². The lowest BCUT2D eigenvalue weighted by atomic mass is 10.1. The van der Waals surface area contributed by atoms with Crippen molar-refractivity contribution >= 4 is 5.91 Å². The van der Waals surface area contributed by atoms with Gasteiger partial charge in [-0.25, -0.2) is 0 Å². The smallest absolute Gasteiger partial charge is 0.255 e. The molecule has 5 nitrogen and oxygen atoms in total. The standard InChI is InChI=1S/C21H22N2O3/c1-23(2)18(20-13-8-14-25-20)15-22-21(24)17-11-6-7-12-19(17)26-16-9-4-3-5-10-16/h3-14,18H,15H2,1-2H3,(H,22,24). The van der Waals surface area contributed by atoms with Crippen LogP contribution in [-0.4, -0.2) is 31.4 Å². The summed E-state index contributed by atoms with van der Waals surface area (Å²) >= 11 is 0. The molecule has 26 heavy (non-hydrogen) atoms. The third-order valence-electron chi connectivity index (χ3n) is 4.05. The van der Waals surface area contributed by atoms with Crippen molar-refractivity contribution < 1.29 is 13.9 Å². The van der Waals surface area contributed by atoms with E-state index in [2.05, 4.69) is 5.32 Å². The summed E-state index contributed by atoms with van der Waals surface area (Å²) < 4.78 is 11.3. The fraction of sp³-hybridized carbons (Fsp3) is 0.190. The van der Waals surface area contributed by atoms with Crippen molar-refractivity contribution in [2.75, 3.05) is 20.6 Å². The second-order valence-corrected chi connectivity index (χ2v) is 6.12. The second kappa shape index (κ2) is 8.36. The van der Waals surface area contributed by atoms with Crippen molar-refractivity contribution in [1.29, 1.82) is 0 Å². The van der Waals surface area contributed by atoms with Gasteiger partial charge in [-0.15, -0.1) is 0 Å². The molecule has 0 aliphatic heterocycles. The van der Waals surface area contributed by atoms with Crippen LogP contribution >= 0.6 is 0 Å². The monoisotopic (exact) mass is 350 g/mol. The van der Waals surface area contributed by atoms with Gasteiger partial charge in [0, 0.05) is 6.54 Å². The number of likely N-dealkylation sites (N-methyl/N-ethyl adjacent to an activating group) is 1. The lowest BCUT2D eigenvalue weighted by Gasteiger charge is -2.22. The Hall–Kier alpha value is -3.05. The van der Waals surface area contributed by atoms with Gasteiger partial charge in [0.25, 0.3) is 5.91 Å². The maximum Gasteiger partial charge on any atom is 0.255 e. The molecule has 134 valence electrons. The summed E-state index contributed by atoms with van der Waals surface area (Å²) in [4.78, 5) is 14.7. The number of benzene rings is 2. The highest BCUT2D eigenvalue weighted by Crippen LogP contribution is 2.25. The Balaban J connectivity index is 1.72. The van der Waals surface area contributed by atoms with Gasteiger partial charge < -0.3 is 14.5 Å². The second-order valence-electron chi connectivity index (χ2n) is 6.12. The van der Waals surface area contributed by atoms with Crippen LogP contribution in [0.2, 0.25) is 0 Å². The number of ether oxygens (including phenoxy) is 1. The molecular weight excluding hydrogens is 328 g/mol. The van der Waals surface area contributed by atoms with Gasteiger partial charge in [0.2, 0.25) is 0 Å². The van der Waals surface area contributed by atoms with E-state index in [0.29, 0.717) is 23.6 Å². The van der Waals surface area contributed by atoms with E-state index in [1.165, 1.54) is 0 Å². The van der Waals surface area contributed by atoms with Crippen LogP contribution < -0.4 is 10.1 Å². The molecule has 0 spiro atoms. The van der Waals surface area contributed by atoms with Crippen LogP contribution in [0.4, 0.5) is 0 Å². The molecule has 0 aliphatic rings. The maximum absolute atomic E-state index is 12.7. The molecule has 0 saturated carbocycles. The summed E-state index contributed by atoms with van der Waals surface area (Å²) in [5, 5.41) is 2.97. The van der Waals surface area contributed by atoms with E-state index in [1.807, 2.05) is 73.6 Å². The van der Waals surface area contributed by atoms with E-state index in [4.69, 9.17) is 9.15 Å². The van der Waals surface area contributed by atoms with Gasteiger partial charge in [0.15, 0.2) is 0 Å². The van der Waals surface area contributed by atoms with Crippen molar-refractivity contribution in [3.63, 3.8) is 0 Å². The highest BCUT2D eigenvalue weighted by atomic mass is 16.5. The SMILES string of the molecule is CN(C)C(CNC(=O)c1ccccc1Oc1ccccc1)c1ccco1. The lowest BCUT2D eigenvalue weighted by Crippen LogP contribution is -2.34. The third kappa shape index (κ3) is 4.32. The van der Waals surface area contributed by atoms with E-state index < -0.39 is 0 Å². The predicted octanol–water partition coefficient (Wildman–Crippen LogP) is 4.10. The van der Waals surface area contributed by atoms with Crippen molar-refractivity contribution in [2.45, 2.75) is 6.04 Å². The molecule has 3 rings (SSSR count). The topological polar surface area (TPSA) is 54.7 Å². The average molecular weight is 350 g/mol. The molecule has 0 aliphatic carbocycles. The zero-order chi connectivity index (χ0) is 18.4. The number of nitrogens with zero attached hydrogens (tertiary/aromatic N) is 1. The zero-order valence-electron chi connectivity index (χ0n) is 14.9. The molecule has 0 radical (unpaired) electrons. The van der Waals surface area contributed by atoms with Crippen LogP contribution in [0.5, 0.6) is 11.5 Å². The Morgan fingerprint density at radius 3 is 2.46 bits per heavy atom. The fourth-order valence-corrected chi connectivity index (χ4v) is 2.66. The summed E-state index contributed by atoms with van der Waals surface area (Å²) in [5.41, 5.74) is 0.494. The summed E-state index contributed by atoms with van der Waals surface area (Å²) in [7, 11) is 3.90. The number of nitrogens with one attached hydrogen (secondary N) is 1. The van der Waals surface area contributed by atoms with Gasteiger partial charge in [-0.1, -0.05) is 30.3 Å². The predicted molar refractivity (Wildman–Crippen MR) is 100 cm³/mol. The van der Waals surface area contributed by atoms with Crippen LogP contribution in [-0.2, 0) is 0 Å². The molecule has 0 saturated heterocycles. The summed E-state index contributed by atoms with van der Waals surface area (Å²) in [6.07, 6.45) is 1.64. The first-order chi connectivity index (χ1) is 12.6. The molecule has 1 N–H and O–H groups in total. The zero-order valence-corrected chi connectivity index (χ0v) is 14.9. The van der Waals surface area contributed by atoms with Gasteiger partial charge in [-0.05, 0) is 50.5 Å². The quantitative estimate of drug-likeness (QED) is 0.697. The van der Waals surface area contributed by atoms with Crippen molar-refractivity contribution in [3.05, 3.63) is 84.3 Å². The number of para-hydroxylation sites is 2. The minimum Gasteiger partial charge on any atom is -0.468 e. The Morgan fingerprint density at radius 2 is 1.77 bits per heavy atom. The first-order valence-corrected chi connectivity index (χ1v) is 8.45. The molecule has 1 aromatic heterocycles. The van der Waals surface area contributed by atoms with Crippen LogP contribution in [0.3, 0.4) is 0 Å². The number of rotatable bonds is 7. The molecular formula is C21H22N2O3. The lowest BCUT2D eigenvalue weighted by molar-refractivity contribution is 0.0937. The highest BCUT2D eigenvalue weighted by Gasteiger charge is 2.19. The minimum atomic E-state index is -0.185. The van der Waals surface area contributed by atoms with Crippen LogP contribution in [0.1, 0.15) is 22.2 Å². The average Bonchev–Trinajstić information content (AvgIpc) is 3.17. The third-order valence-corrected chi connectivity index (χ3v) is 4.05. The van der Waals surface area contributed by atoms with E-state index in [1.54, 1.807) is 18.4 Å². The summed E-state index contributed by atoms with van der Waals surface area (Å²) in [6.45, 7) is 0.430. The number of carbonyl (C=O) groups is 1. The Bertz CT molecular complexity index is 829. The fourth-order valence-electron chi connectivity index (χ4n) is 2.66. The summed E-state index contributed by atoms with van der Waals surface area (Å²) in [6, 6.07) is 20.3. The Kier molecular flexibility index (Phi) is 5.71. The van der Waals surface area contributed by atoms with Gasteiger partial charge in [-0.3, -0.25) is 9.69 Å². The van der Waals surface area contributed by atoms with E-state index >= 15 is 0 Å². The molecule has 1 unspecified atom stereocenters. The van der Waals surface area contributed by atoms with Crippen molar-refractivity contribution in [3.8, 4) is 11.5 Å². The molecule has 2 aromatic carbocycles. The van der Waals surface area contributed by atoms with E-state index in [0.717, 1.165) is 5.76 Å². The minimum absolute atomic E-state index is 0.0452. The highest BCUT2D eigenvalue weighted by molar-refractivity contribution is 5.97. The van der Waals surface area contributed by atoms with Gasteiger partial charge in [0.1, 0.15) is 17.3 Å². The molecule has 0 bridgehead atoms. The van der Waals surface area contributed by atoms with Crippen molar-refractivity contribution in [2.24, 2.45) is 0 Å². The molecule has 1 heterocycles. The Morgan fingerprint density at radius 1 is 1.04 bits per heavy atom. The molecule has 1 atom stereocenters. The molecule has 5 heteroatoms. The summed E-state index contributed by atoms with van der Waals surface area (Å²) in [5.74, 6) is 1.84. The van der Waals surface area contributed by atoms with E-state index in [-0.39, 0.29) is 11.9 Å². The molecule has 3 aromatic rings. The van der Waals surface area contributed by atoms with Crippen LogP contribution in [0.25, 0.3) is 0 Å². The van der Waals surface area contributed by atoms with Gasteiger partial charge in [-0.2, -0.15) is 0 Å². The maximum atomic E-state index is 12.7. The molecule has 1 amide bonds. The first-order valence-electron chi connectivity index (χ1n) is 8.45.